The molecular formula is C14H20ClNO4S. The number of rotatable bonds is 7. The molecule has 0 aliphatic rings. The number of hydrogen-bond acceptors (Lipinski definition) is 4. The van der Waals surface area contributed by atoms with E-state index in [4.69, 9.17) is 15.4 Å². The molecule has 0 heterocycles. The zero-order valence-corrected chi connectivity index (χ0v) is 13.9. The highest BCUT2D eigenvalue weighted by atomic mass is 35.7. The van der Waals surface area contributed by atoms with Crippen molar-refractivity contribution in [2.45, 2.75) is 38.0 Å². The summed E-state index contributed by atoms with van der Waals surface area (Å²) in [4.78, 5) is 11.6. The molecule has 7 heteroatoms. The fourth-order valence-corrected chi connectivity index (χ4v) is 2.51. The van der Waals surface area contributed by atoms with E-state index in [0.29, 0.717) is 17.9 Å². The van der Waals surface area contributed by atoms with Gasteiger partial charge in [0.25, 0.3) is 15.0 Å². The van der Waals surface area contributed by atoms with Crippen LogP contribution in [0.1, 0.15) is 38.7 Å². The number of ether oxygens (including phenoxy) is 1. The smallest absolute Gasteiger partial charge is 0.261 e. The minimum atomic E-state index is -3.78. The third-order valence-corrected chi connectivity index (χ3v) is 4.17. The lowest BCUT2D eigenvalue weighted by molar-refractivity contribution is -0.123. The largest absolute Gasteiger partial charge is 0.483 e. The number of halogens is 1. The van der Waals surface area contributed by atoms with E-state index in [1.54, 1.807) is 0 Å². The molecule has 0 saturated heterocycles. The molecule has 1 amide bonds. The minimum Gasteiger partial charge on any atom is -0.483 e. The Morgan fingerprint density at radius 2 is 2.05 bits per heavy atom. The Labute approximate surface area is 130 Å². The normalized spacial score (nSPS) is 11.5. The lowest BCUT2D eigenvalue weighted by atomic mass is 10.0. The van der Waals surface area contributed by atoms with Crippen LogP contribution in [0.15, 0.2) is 23.1 Å². The summed E-state index contributed by atoms with van der Waals surface area (Å²) in [6.07, 6.45) is 0.852. The zero-order chi connectivity index (χ0) is 16.0. The molecule has 0 atom stereocenters. The maximum absolute atomic E-state index is 11.5. The minimum absolute atomic E-state index is 0.0238. The topological polar surface area (TPSA) is 72.5 Å². The fourth-order valence-electron chi connectivity index (χ4n) is 1.72. The van der Waals surface area contributed by atoms with E-state index in [-0.39, 0.29) is 23.3 Å². The van der Waals surface area contributed by atoms with Crippen LogP contribution in [0.25, 0.3) is 0 Å². The predicted octanol–water partition coefficient (Wildman–Crippen LogP) is 2.64. The average Bonchev–Trinajstić information content (AvgIpc) is 2.41. The van der Waals surface area contributed by atoms with Crippen molar-refractivity contribution < 1.29 is 17.9 Å². The summed E-state index contributed by atoms with van der Waals surface area (Å²) >= 11 is 0. The van der Waals surface area contributed by atoms with Crippen LogP contribution in [0.3, 0.4) is 0 Å². The van der Waals surface area contributed by atoms with E-state index in [1.165, 1.54) is 18.2 Å². The Morgan fingerprint density at radius 1 is 1.38 bits per heavy atom. The molecule has 5 nitrogen and oxygen atoms in total. The summed E-state index contributed by atoms with van der Waals surface area (Å²) in [6, 6.07) is 4.37. The van der Waals surface area contributed by atoms with Crippen molar-refractivity contribution in [2.75, 3.05) is 13.2 Å². The van der Waals surface area contributed by atoms with Gasteiger partial charge in [-0.15, -0.1) is 0 Å². The molecule has 21 heavy (non-hydrogen) atoms. The van der Waals surface area contributed by atoms with Gasteiger partial charge in [0.05, 0.1) is 4.90 Å². The van der Waals surface area contributed by atoms with Gasteiger partial charge in [0.15, 0.2) is 6.61 Å². The van der Waals surface area contributed by atoms with Crippen LogP contribution >= 0.6 is 10.7 Å². The SMILES string of the molecule is CCCNC(=O)COc1ccc(S(=O)(=O)Cl)cc1C(C)C. The van der Waals surface area contributed by atoms with Crippen molar-refractivity contribution in [3.8, 4) is 5.75 Å². The Balaban J connectivity index is 2.90. The van der Waals surface area contributed by atoms with Crippen molar-refractivity contribution in [3.63, 3.8) is 0 Å². The molecule has 0 aliphatic carbocycles. The highest BCUT2D eigenvalue weighted by Gasteiger charge is 2.16. The average molecular weight is 334 g/mol. The zero-order valence-electron chi connectivity index (χ0n) is 12.3. The Bertz CT molecular complexity index is 599. The van der Waals surface area contributed by atoms with Crippen LogP contribution in [0.5, 0.6) is 5.75 Å². The quantitative estimate of drug-likeness (QED) is 0.778. The van der Waals surface area contributed by atoms with E-state index >= 15 is 0 Å². The molecule has 0 spiro atoms. The molecule has 1 aromatic rings. The monoisotopic (exact) mass is 333 g/mol. The van der Waals surface area contributed by atoms with E-state index in [1.807, 2.05) is 20.8 Å². The number of carbonyl (C=O) groups is 1. The summed E-state index contributed by atoms with van der Waals surface area (Å²) in [6.45, 7) is 6.27. The molecule has 0 radical (unpaired) electrons. The third kappa shape index (κ3) is 5.55. The number of nitrogens with one attached hydrogen (secondary N) is 1. The first-order valence-electron chi connectivity index (χ1n) is 6.73. The van der Waals surface area contributed by atoms with E-state index in [9.17, 15) is 13.2 Å². The number of amides is 1. The highest BCUT2D eigenvalue weighted by Crippen LogP contribution is 2.30. The van der Waals surface area contributed by atoms with Crippen molar-refractivity contribution in [1.29, 1.82) is 0 Å². The Hall–Kier alpha value is -1.27. The molecule has 118 valence electrons. The number of benzene rings is 1. The number of carbonyl (C=O) groups excluding carboxylic acids is 1. The Morgan fingerprint density at radius 3 is 2.57 bits per heavy atom. The lowest BCUT2D eigenvalue weighted by Gasteiger charge is -2.15. The first kappa shape index (κ1) is 17.8. The van der Waals surface area contributed by atoms with Crippen LogP contribution in [0.4, 0.5) is 0 Å². The van der Waals surface area contributed by atoms with Crippen molar-refractivity contribution in [3.05, 3.63) is 23.8 Å². The second kappa shape index (κ2) is 7.66. The van der Waals surface area contributed by atoms with Gasteiger partial charge in [0.1, 0.15) is 5.75 Å². The molecule has 0 bridgehead atoms. The molecular weight excluding hydrogens is 314 g/mol. The molecule has 0 unspecified atom stereocenters. The number of hydrogen-bond donors (Lipinski definition) is 1. The molecule has 1 rings (SSSR count). The molecule has 1 N–H and O–H groups in total. The molecule has 0 saturated carbocycles. The van der Waals surface area contributed by atoms with Gasteiger partial charge in [0.2, 0.25) is 0 Å². The van der Waals surface area contributed by atoms with Gasteiger partial charge in [-0.05, 0) is 36.1 Å². The van der Waals surface area contributed by atoms with Gasteiger partial charge < -0.3 is 10.1 Å². The van der Waals surface area contributed by atoms with Crippen LogP contribution < -0.4 is 10.1 Å². The van der Waals surface area contributed by atoms with E-state index < -0.39 is 9.05 Å². The predicted molar refractivity (Wildman–Crippen MR) is 82.4 cm³/mol. The van der Waals surface area contributed by atoms with E-state index in [0.717, 1.165) is 6.42 Å². The summed E-state index contributed by atoms with van der Waals surface area (Å²) < 4.78 is 28.2. The van der Waals surface area contributed by atoms with Crippen LogP contribution in [0.2, 0.25) is 0 Å². The lowest BCUT2D eigenvalue weighted by Crippen LogP contribution is -2.29. The maximum Gasteiger partial charge on any atom is 0.261 e. The highest BCUT2D eigenvalue weighted by molar-refractivity contribution is 8.13. The third-order valence-electron chi connectivity index (χ3n) is 2.82. The van der Waals surface area contributed by atoms with Gasteiger partial charge in [-0.2, -0.15) is 0 Å². The molecule has 0 fully saturated rings. The molecule has 0 aliphatic heterocycles. The summed E-state index contributed by atoms with van der Waals surface area (Å²) in [5, 5.41) is 2.71. The second-order valence-electron chi connectivity index (χ2n) is 4.93. The van der Waals surface area contributed by atoms with Gasteiger partial charge in [-0.1, -0.05) is 20.8 Å². The van der Waals surface area contributed by atoms with Gasteiger partial charge in [-0.25, -0.2) is 8.42 Å². The summed E-state index contributed by atoms with van der Waals surface area (Å²) in [5.41, 5.74) is 0.694. The van der Waals surface area contributed by atoms with Gasteiger partial charge in [-0.3, -0.25) is 4.79 Å². The van der Waals surface area contributed by atoms with Crippen molar-refractivity contribution in [2.24, 2.45) is 0 Å². The first-order chi connectivity index (χ1) is 9.75. The standard InChI is InChI=1S/C14H20ClNO4S/c1-4-7-16-14(17)9-20-13-6-5-11(21(15,18)19)8-12(13)10(2)3/h5-6,8,10H,4,7,9H2,1-3H3,(H,16,17). The summed E-state index contributed by atoms with van der Waals surface area (Å²) in [5.74, 6) is 0.318. The molecule has 0 aromatic heterocycles. The Kier molecular flexibility index (Phi) is 6.48. The first-order valence-corrected chi connectivity index (χ1v) is 9.04. The van der Waals surface area contributed by atoms with Crippen LogP contribution in [0, 0.1) is 0 Å². The van der Waals surface area contributed by atoms with Crippen molar-refractivity contribution in [1.82, 2.24) is 5.32 Å². The van der Waals surface area contributed by atoms with Crippen molar-refractivity contribution >= 4 is 25.6 Å². The molecule has 1 aromatic carbocycles. The fraction of sp³-hybridized carbons (Fsp3) is 0.500. The summed E-state index contributed by atoms with van der Waals surface area (Å²) in [7, 11) is 1.56. The van der Waals surface area contributed by atoms with Crippen LogP contribution in [-0.2, 0) is 13.8 Å². The van der Waals surface area contributed by atoms with Gasteiger partial charge >= 0.3 is 0 Å². The van der Waals surface area contributed by atoms with Gasteiger partial charge in [0, 0.05) is 17.2 Å². The second-order valence-corrected chi connectivity index (χ2v) is 7.50. The maximum atomic E-state index is 11.5. The van der Waals surface area contributed by atoms with Crippen LogP contribution in [-0.4, -0.2) is 27.5 Å². The van der Waals surface area contributed by atoms with E-state index in [2.05, 4.69) is 5.32 Å².